The Bertz CT molecular complexity index is 941. The first-order valence-electron chi connectivity index (χ1n) is 11.0. The van der Waals surface area contributed by atoms with E-state index >= 15 is 0 Å². The van der Waals surface area contributed by atoms with Crippen molar-refractivity contribution in [3.05, 3.63) is 35.4 Å². The molecule has 3 heterocycles. The molecule has 2 bridgehead atoms. The van der Waals surface area contributed by atoms with Crippen molar-refractivity contribution < 1.29 is 14.4 Å². The molecule has 5 atom stereocenters. The number of carbonyl (C=O) groups is 3. The Morgan fingerprint density at radius 2 is 2.10 bits per heavy atom. The fourth-order valence-electron chi connectivity index (χ4n) is 5.39. The molecule has 3 amide bonds. The van der Waals surface area contributed by atoms with E-state index in [1.165, 1.54) is 0 Å². The molecule has 3 aliphatic heterocycles. The zero-order valence-corrected chi connectivity index (χ0v) is 18.0. The normalized spacial score (nSPS) is 27.4. The van der Waals surface area contributed by atoms with E-state index in [0.717, 1.165) is 31.4 Å². The number of benzene rings is 1. The molecule has 3 saturated heterocycles. The first-order valence-corrected chi connectivity index (χ1v) is 11.0. The molecule has 0 aliphatic carbocycles. The Kier molecular flexibility index (Phi) is 5.71. The van der Waals surface area contributed by atoms with Crippen molar-refractivity contribution in [2.75, 3.05) is 19.6 Å². The van der Waals surface area contributed by atoms with Crippen LogP contribution in [0.4, 0.5) is 0 Å². The van der Waals surface area contributed by atoms with Crippen LogP contribution in [-0.4, -0.2) is 70.2 Å². The molecule has 2 N–H and O–H groups in total. The summed E-state index contributed by atoms with van der Waals surface area (Å²) < 4.78 is 0. The van der Waals surface area contributed by atoms with Crippen LogP contribution in [-0.2, 0) is 9.59 Å². The summed E-state index contributed by atoms with van der Waals surface area (Å²) in [5, 5.41) is 9.26. The van der Waals surface area contributed by atoms with Gasteiger partial charge in [0.15, 0.2) is 0 Å². The second-order valence-corrected chi connectivity index (χ2v) is 8.99. The molecule has 0 aromatic heterocycles. The molecule has 0 saturated carbocycles. The highest BCUT2D eigenvalue weighted by Crippen LogP contribution is 2.38. The number of primary amides is 1. The van der Waals surface area contributed by atoms with E-state index in [0.29, 0.717) is 18.7 Å². The van der Waals surface area contributed by atoms with Crippen molar-refractivity contribution in [1.29, 1.82) is 5.26 Å². The van der Waals surface area contributed by atoms with Crippen molar-refractivity contribution in [2.45, 2.75) is 57.3 Å². The van der Waals surface area contributed by atoms with Gasteiger partial charge in [0.1, 0.15) is 6.04 Å². The number of fused-ring (bicyclic) bond motifs is 2. The number of nitrogens with two attached hydrogens (primary N) is 1. The smallest absolute Gasteiger partial charge is 0.248 e. The van der Waals surface area contributed by atoms with Gasteiger partial charge in [0.05, 0.1) is 18.2 Å². The standard InChI is InChI=1S/C23H29N5O3/c1-14(22(30)27-8-4-7-18(27)11-24)12-26-13-19-10-20(26)23(31)28(19)15(2)16-5-3-6-17(9-16)21(25)29/h3,5-6,9,14-15,18-20H,4,7-8,10,12-13H2,1-2H3,(H2,25,29)/t14-,15+,18-,19-,20-/m0/s1. The van der Waals surface area contributed by atoms with E-state index in [4.69, 9.17) is 5.73 Å². The third kappa shape index (κ3) is 3.79. The lowest BCUT2D eigenvalue weighted by Crippen LogP contribution is -2.53. The van der Waals surface area contributed by atoms with Gasteiger partial charge in [0.2, 0.25) is 17.7 Å². The summed E-state index contributed by atoms with van der Waals surface area (Å²) in [6, 6.07) is 8.76. The first kappa shape index (κ1) is 21.3. The van der Waals surface area contributed by atoms with Crippen LogP contribution in [0.25, 0.3) is 0 Å². The molecule has 0 unspecified atom stereocenters. The molecule has 0 radical (unpaired) electrons. The summed E-state index contributed by atoms with van der Waals surface area (Å²) in [6.07, 6.45) is 2.36. The second-order valence-electron chi connectivity index (χ2n) is 8.99. The van der Waals surface area contributed by atoms with Gasteiger partial charge in [-0.05, 0) is 43.9 Å². The van der Waals surface area contributed by atoms with Gasteiger partial charge >= 0.3 is 0 Å². The molecule has 0 spiro atoms. The van der Waals surface area contributed by atoms with Crippen molar-refractivity contribution >= 4 is 17.7 Å². The van der Waals surface area contributed by atoms with Crippen LogP contribution >= 0.6 is 0 Å². The predicted octanol–water partition coefficient (Wildman–Crippen LogP) is 1.28. The number of likely N-dealkylation sites (tertiary alicyclic amines) is 3. The van der Waals surface area contributed by atoms with Gasteiger partial charge in [-0.25, -0.2) is 0 Å². The van der Waals surface area contributed by atoms with Crippen LogP contribution in [0.3, 0.4) is 0 Å². The zero-order valence-electron chi connectivity index (χ0n) is 18.0. The van der Waals surface area contributed by atoms with Crippen LogP contribution in [0.2, 0.25) is 0 Å². The van der Waals surface area contributed by atoms with Gasteiger partial charge in [-0.15, -0.1) is 0 Å². The Morgan fingerprint density at radius 3 is 2.77 bits per heavy atom. The summed E-state index contributed by atoms with van der Waals surface area (Å²) in [4.78, 5) is 43.3. The van der Waals surface area contributed by atoms with Crippen LogP contribution in [0.1, 0.15) is 55.1 Å². The number of amides is 3. The Morgan fingerprint density at radius 1 is 1.32 bits per heavy atom. The summed E-state index contributed by atoms with van der Waals surface area (Å²) >= 11 is 0. The fraction of sp³-hybridized carbons (Fsp3) is 0.565. The number of hydrogen-bond donors (Lipinski definition) is 1. The van der Waals surface area contributed by atoms with Crippen molar-refractivity contribution in [3.63, 3.8) is 0 Å². The molecule has 4 rings (SSSR count). The van der Waals surface area contributed by atoms with Gasteiger partial charge in [-0.1, -0.05) is 19.1 Å². The number of nitrogens with zero attached hydrogens (tertiary/aromatic N) is 4. The maximum absolute atomic E-state index is 13.2. The predicted molar refractivity (Wildman–Crippen MR) is 113 cm³/mol. The molecule has 1 aromatic carbocycles. The largest absolute Gasteiger partial charge is 0.366 e. The number of piperazine rings is 1. The molecule has 3 aliphatic rings. The lowest BCUT2D eigenvalue weighted by molar-refractivity contribution is -0.142. The lowest BCUT2D eigenvalue weighted by atomic mass is 10.0. The van der Waals surface area contributed by atoms with Gasteiger partial charge < -0.3 is 15.5 Å². The Labute approximate surface area is 182 Å². The summed E-state index contributed by atoms with van der Waals surface area (Å²) in [5.41, 5.74) is 6.73. The van der Waals surface area contributed by atoms with E-state index < -0.39 is 5.91 Å². The molecule has 3 fully saturated rings. The minimum atomic E-state index is -0.482. The van der Waals surface area contributed by atoms with Gasteiger partial charge in [0.25, 0.3) is 0 Å². The lowest BCUT2D eigenvalue weighted by Gasteiger charge is -2.38. The van der Waals surface area contributed by atoms with E-state index in [1.807, 2.05) is 24.8 Å². The van der Waals surface area contributed by atoms with E-state index in [-0.39, 0.29) is 41.9 Å². The number of carbonyl (C=O) groups excluding carboxylic acids is 3. The quantitative estimate of drug-likeness (QED) is 0.741. The van der Waals surface area contributed by atoms with Crippen molar-refractivity contribution in [3.8, 4) is 6.07 Å². The second kappa shape index (κ2) is 8.31. The Hall–Kier alpha value is -2.92. The monoisotopic (exact) mass is 423 g/mol. The van der Waals surface area contributed by atoms with E-state index in [2.05, 4.69) is 11.0 Å². The zero-order chi connectivity index (χ0) is 22.3. The molecule has 8 heteroatoms. The van der Waals surface area contributed by atoms with Crippen LogP contribution < -0.4 is 5.73 Å². The summed E-state index contributed by atoms with van der Waals surface area (Å²) in [6.45, 7) is 5.77. The number of hydrogen-bond acceptors (Lipinski definition) is 5. The maximum atomic E-state index is 13.2. The molecule has 1 aromatic rings. The average Bonchev–Trinajstić information content (AvgIpc) is 3.47. The minimum absolute atomic E-state index is 0.00719. The number of nitriles is 1. The highest BCUT2D eigenvalue weighted by molar-refractivity contribution is 5.93. The van der Waals surface area contributed by atoms with Crippen molar-refractivity contribution in [1.82, 2.24) is 14.7 Å². The van der Waals surface area contributed by atoms with Crippen LogP contribution in [0.5, 0.6) is 0 Å². The van der Waals surface area contributed by atoms with Crippen molar-refractivity contribution in [2.24, 2.45) is 11.7 Å². The molecule has 8 nitrogen and oxygen atoms in total. The van der Waals surface area contributed by atoms with Gasteiger partial charge in [-0.3, -0.25) is 19.3 Å². The third-order valence-corrected chi connectivity index (χ3v) is 7.00. The Balaban J connectivity index is 1.41. The summed E-state index contributed by atoms with van der Waals surface area (Å²) in [7, 11) is 0. The molecular weight excluding hydrogens is 394 g/mol. The van der Waals surface area contributed by atoms with Gasteiger partial charge in [-0.2, -0.15) is 5.26 Å². The third-order valence-electron chi connectivity index (χ3n) is 7.00. The van der Waals surface area contributed by atoms with E-state index in [9.17, 15) is 19.6 Å². The van der Waals surface area contributed by atoms with Crippen LogP contribution in [0.15, 0.2) is 24.3 Å². The highest BCUT2D eigenvalue weighted by atomic mass is 16.2. The fourth-order valence-corrected chi connectivity index (χ4v) is 5.39. The first-order chi connectivity index (χ1) is 14.8. The molecule has 31 heavy (non-hydrogen) atoms. The SMILES string of the molecule is C[C@H](c1cccc(C(N)=O)c1)N1C(=O)[C@@H]2C[C@H]1CN2C[C@H](C)C(=O)N1CCC[C@H]1C#N. The highest BCUT2D eigenvalue weighted by Gasteiger charge is 2.51. The molecule has 164 valence electrons. The maximum Gasteiger partial charge on any atom is 0.248 e. The number of rotatable bonds is 6. The topological polar surface area (TPSA) is 111 Å². The molecular formula is C23H29N5O3. The average molecular weight is 424 g/mol. The van der Waals surface area contributed by atoms with Gasteiger partial charge in [0, 0.05) is 37.2 Å². The van der Waals surface area contributed by atoms with E-state index in [1.54, 1.807) is 23.1 Å². The minimum Gasteiger partial charge on any atom is -0.366 e. The summed E-state index contributed by atoms with van der Waals surface area (Å²) in [5.74, 6) is -0.652. The van der Waals surface area contributed by atoms with Crippen LogP contribution in [0, 0.1) is 17.2 Å².